The zero-order valence-electron chi connectivity index (χ0n) is 17.5. The number of benzene rings is 1. The van der Waals surface area contributed by atoms with Crippen molar-refractivity contribution in [1.29, 1.82) is 0 Å². The molecule has 0 bridgehead atoms. The maximum atomic E-state index is 12.8. The van der Waals surface area contributed by atoms with Crippen LogP contribution in [-0.2, 0) is 4.74 Å². The summed E-state index contributed by atoms with van der Waals surface area (Å²) in [5.74, 6) is 0.0920. The zero-order valence-corrected chi connectivity index (χ0v) is 20.0. The minimum absolute atomic E-state index is 0. The van der Waals surface area contributed by atoms with Crippen LogP contribution in [0.2, 0.25) is 0 Å². The SMILES string of the molecule is Cc1ccc(N)cc1C(=O)N1CCN(CC2CN(C(C)C)CCO2)CC1.Cl.Cl.Cl. The van der Waals surface area contributed by atoms with Gasteiger partial charge in [0, 0.05) is 63.1 Å². The molecule has 1 atom stereocenters. The van der Waals surface area contributed by atoms with Gasteiger partial charge in [0.2, 0.25) is 0 Å². The number of ether oxygens (including phenoxy) is 1. The molecule has 0 spiro atoms. The summed E-state index contributed by atoms with van der Waals surface area (Å²) in [6.07, 6.45) is 0.268. The van der Waals surface area contributed by atoms with E-state index in [9.17, 15) is 4.79 Å². The predicted molar refractivity (Wildman–Crippen MR) is 126 cm³/mol. The fourth-order valence-corrected chi connectivity index (χ4v) is 3.78. The van der Waals surface area contributed by atoms with Crippen molar-refractivity contribution in [3.05, 3.63) is 29.3 Å². The predicted octanol–water partition coefficient (Wildman–Crippen LogP) is 2.71. The Kier molecular flexibility index (Phi) is 12.5. The summed E-state index contributed by atoms with van der Waals surface area (Å²) in [6.45, 7) is 13.5. The van der Waals surface area contributed by atoms with Crippen LogP contribution in [0.25, 0.3) is 0 Å². The molecule has 6 nitrogen and oxygen atoms in total. The quantitative estimate of drug-likeness (QED) is 0.687. The highest BCUT2D eigenvalue weighted by Gasteiger charge is 2.27. The topological polar surface area (TPSA) is 62.0 Å². The molecule has 1 amide bonds. The molecule has 2 N–H and O–H groups in total. The molecule has 9 heteroatoms. The van der Waals surface area contributed by atoms with E-state index >= 15 is 0 Å². The maximum absolute atomic E-state index is 12.8. The van der Waals surface area contributed by atoms with Gasteiger partial charge in [-0.2, -0.15) is 0 Å². The van der Waals surface area contributed by atoms with Crippen molar-refractivity contribution in [1.82, 2.24) is 14.7 Å². The standard InChI is InChI=1S/C20H32N4O2.3ClH/c1-15(2)24-10-11-26-18(14-24)13-22-6-8-23(9-7-22)20(25)19-12-17(21)5-4-16(19)3;;;/h4-5,12,15,18H,6-11,13-14,21H2,1-3H3;3*1H. The molecule has 0 aromatic heterocycles. The van der Waals surface area contributed by atoms with Crippen LogP contribution in [0.5, 0.6) is 0 Å². The van der Waals surface area contributed by atoms with Crippen molar-refractivity contribution in [2.75, 3.05) is 58.2 Å². The minimum Gasteiger partial charge on any atom is -0.399 e. The molecule has 2 aliphatic heterocycles. The molecular formula is C20H35Cl3N4O2. The van der Waals surface area contributed by atoms with Crippen molar-refractivity contribution < 1.29 is 9.53 Å². The maximum Gasteiger partial charge on any atom is 0.254 e. The fraction of sp³-hybridized carbons (Fsp3) is 0.650. The molecule has 0 saturated carbocycles. The van der Waals surface area contributed by atoms with Crippen molar-refractivity contribution in [3.8, 4) is 0 Å². The summed E-state index contributed by atoms with van der Waals surface area (Å²) in [5.41, 5.74) is 8.20. The Balaban J connectivity index is 0.00000261. The number of morpholine rings is 1. The zero-order chi connectivity index (χ0) is 18.7. The third-order valence-corrected chi connectivity index (χ3v) is 5.51. The second-order valence-corrected chi connectivity index (χ2v) is 7.75. The van der Waals surface area contributed by atoms with Gasteiger partial charge in [-0.25, -0.2) is 0 Å². The van der Waals surface area contributed by atoms with Crippen LogP contribution in [0, 0.1) is 6.92 Å². The molecule has 1 aromatic carbocycles. The molecule has 0 aliphatic carbocycles. The van der Waals surface area contributed by atoms with Gasteiger partial charge >= 0.3 is 0 Å². The number of amides is 1. The lowest BCUT2D eigenvalue weighted by molar-refractivity contribution is -0.0555. The van der Waals surface area contributed by atoms with E-state index in [4.69, 9.17) is 10.5 Å². The van der Waals surface area contributed by atoms with E-state index in [1.54, 1.807) is 6.07 Å². The molecule has 3 rings (SSSR count). The number of rotatable bonds is 4. The first-order chi connectivity index (χ1) is 12.4. The highest BCUT2D eigenvalue weighted by Crippen LogP contribution is 2.17. The number of aryl methyl sites for hydroxylation is 1. The van der Waals surface area contributed by atoms with Crippen molar-refractivity contribution in [2.24, 2.45) is 0 Å². The van der Waals surface area contributed by atoms with Crippen LogP contribution in [0.15, 0.2) is 18.2 Å². The van der Waals surface area contributed by atoms with E-state index in [0.717, 1.165) is 63.5 Å². The van der Waals surface area contributed by atoms with E-state index in [-0.39, 0.29) is 49.2 Å². The average molecular weight is 470 g/mol. The van der Waals surface area contributed by atoms with Crippen molar-refractivity contribution in [2.45, 2.75) is 32.9 Å². The lowest BCUT2D eigenvalue weighted by Crippen LogP contribution is -2.54. The van der Waals surface area contributed by atoms with Gasteiger partial charge in [-0.05, 0) is 38.5 Å². The van der Waals surface area contributed by atoms with Crippen molar-refractivity contribution in [3.63, 3.8) is 0 Å². The normalized spacial score (nSPS) is 20.4. The number of nitrogens with zero attached hydrogens (tertiary/aromatic N) is 3. The van der Waals surface area contributed by atoms with E-state index < -0.39 is 0 Å². The van der Waals surface area contributed by atoms with Gasteiger partial charge in [0.25, 0.3) is 5.91 Å². The highest BCUT2D eigenvalue weighted by molar-refractivity contribution is 5.96. The Bertz CT molecular complexity index is 640. The van der Waals surface area contributed by atoms with Gasteiger partial charge < -0.3 is 15.4 Å². The number of anilines is 1. The summed E-state index contributed by atoms with van der Waals surface area (Å²) < 4.78 is 5.96. The number of carbonyl (C=O) groups is 1. The van der Waals surface area contributed by atoms with Crippen LogP contribution >= 0.6 is 37.2 Å². The Morgan fingerprint density at radius 3 is 2.41 bits per heavy atom. The number of piperazine rings is 1. The van der Waals surface area contributed by atoms with E-state index in [2.05, 4.69) is 23.6 Å². The molecule has 0 radical (unpaired) electrons. The number of halogens is 3. The molecule has 2 saturated heterocycles. The number of carbonyl (C=O) groups excluding carboxylic acids is 1. The van der Waals surface area contributed by atoms with Crippen LogP contribution in [0.3, 0.4) is 0 Å². The molecule has 29 heavy (non-hydrogen) atoms. The Labute approximate surface area is 193 Å². The van der Waals surface area contributed by atoms with Crippen LogP contribution < -0.4 is 5.73 Å². The third kappa shape index (κ3) is 7.46. The van der Waals surface area contributed by atoms with E-state index in [1.807, 2.05) is 24.0 Å². The van der Waals surface area contributed by atoms with Crippen LogP contribution in [0.4, 0.5) is 5.69 Å². The minimum atomic E-state index is 0. The Hall–Kier alpha value is -0.760. The largest absolute Gasteiger partial charge is 0.399 e. The summed E-state index contributed by atoms with van der Waals surface area (Å²) in [4.78, 5) is 19.7. The number of hydrogen-bond acceptors (Lipinski definition) is 5. The monoisotopic (exact) mass is 468 g/mol. The molecular weight excluding hydrogens is 435 g/mol. The fourth-order valence-electron chi connectivity index (χ4n) is 3.78. The third-order valence-electron chi connectivity index (χ3n) is 5.51. The van der Waals surface area contributed by atoms with Gasteiger partial charge in [-0.3, -0.25) is 14.6 Å². The lowest BCUT2D eigenvalue weighted by atomic mass is 10.1. The number of nitrogen functional groups attached to an aromatic ring is 1. The molecule has 2 heterocycles. The summed E-state index contributed by atoms with van der Waals surface area (Å²) in [7, 11) is 0. The second-order valence-electron chi connectivity index (χ2n) is 7.75. The number of nitrogens with two attached hydrogens (primary N) is 1. The average Bonchev–Trinajstić information content (AvgIpc) is 2.64. The lowest BCUT2D eigenvalue weighted by Gasteiger charge is -2.40. The van der Waals surface area contributed by atoms with Gasteiger partial charge in [0.15, 0.2) is 0 Å². The molecule has 168 valence electrons. The first-order valence-corrected chi connectivity index (χ1v) is 9.67. The second kappa shape index (κ2) is 12.8. The highest BCUT2D eigenvalue weighted by atomic mass is 35.5. The first-order valence-electron chi connectivity index (χ1n) is 9.67. The summed E-state index contributed by atoms with van der Waals surface area (Å²) in [6, 6.07) is 6.12. The van der Waals surface area contributed by atoms with Gasteiger partial charge in [0.05, 0.1) is 12.7 Å². The van der Waals surface area contributed by atoms with Crippen molar-refractivity contribution >= 4 is 48.8 Å². The van der Waals surface area contributed by atoms with Gasteiger partial charge in [-0.15, -0.1) is 37.2 Å². The first kappa shape index (κ1) is 28.2. The smallest absolute Gasteiger partial charge is 0.254 e. The van der Waals surface area contributed by atoms with Crippen LogP contribution in [-0.4, -0.2) is 85.2 Å². The number of hydrogen-bond donors (Lipinski definition) is 1. The van der Waals surface area contributed by atoms with Gasteiger partial charge in [0.1, 0.15) is 0 Å². The molecule has 2 fully saturated rings. The van der Waals surface area contributed by atoms with Crippen LogP contribution in [0.1, 0.15) is 29.8 Å². The summed E-state index contributed by atoms with van der Waals surface area (Å²) >= 11 is 0. The van der Waals surface area contributed by atoms with Gasteiger partial charge in [-0.1, -0.05) is 6.07 Å². The molecule has 2 aliphatic rings. The summed E-state index contributed by atoms with van der Waals surface area (Å²) in [5, 5.41) is 0. The van der Waals surface area contributed by atoms with E-state index in [0.29, 0.717) is 11.7 Å². The Morgan fingerprint density at radius 2 is 1.79 bits per heavy atom. The molecule has 1 unspecified atom stereocenters. The Morgan fingerprint density at radius 1 is 1.14 bits per heavy atom. The molecule has 1 aromatic rings. The van der Waals surface area contributed by atoms with E-state index in [1.165, 1.54) is 0 Å².